The number of anilines is 1. The number of amides is 1. The number of nitrogens with two attached hydrogens (primary N) is 1. The summed E-state index contributed by atoms with van der Waals surface area (Å²) in [6.45, 7) is 0.536. The van der Waals surface area contributed by atoms with Gasteiger partial charge in [0.05, 0.1) is 28.0 Å². The van der Waals surface area contributed by atoms with Crippen molar-refractivity contribution in [1.29, 1.82) is 0 Å². The molecule has 2 aromatic heterocycles. The minimum atomic E-state index is -4.55. The molecule has 0 fully saturated rings. The van der Waals surface area contributed by atoms with Crippen LogP contribution in [0.15, 0.2) is 65.6 Å². The molecule has 4 aromatic rings. The fourth-order valence-corrected chi connectivity index (χ4v) is 4.53. The van der Waals surface area contributed by atoms with Gasteiger partial charge in [0.2, 0.25) is 0 Å². The van der Waals surface area contributed by atoms with Gasteiger partial charge in [0.25, 0.3) is 11.5 Å². The molecule has 1 atom stereocenters. The van der Waals surface area contributed by atoms with Gasteiger partial charge in [0.15, 0.2) is 5.69 Å². The second-order valence-corrected chi connectivity index (χ2v) is 9.29. The third-order valence-electron chi connectivity index (χ3n) is 6.74. The van der Waals surface area contributed by atoms with Gasteiger partial charge in [-0.05, 0) is 55.1 Å². The van der Waals surface area contributed by atoms with Gasteiger partial charge in [0.1, 0.15) is 0 Å². The van der Waals surface area contributed by atoms with E-state index in [0.29, 0.717) is 23.0 Å². The number of hydrogen-bond acceptors (Lipinski definition) is 5. The van der Waals surface area contributed by atoms with E-state index in [2.05, 4.69) is 25.9 Å². The summed E-state index contributed by atoms with van der Waals surface area (Å²) in [6.07, 6.45) is 4.21. The molecule has 2 aromatic carbocycles. The van der Waals surface area contributed by atoms with Gasteiger partial charge in [-0.3, -0.25) is 9.59 Å². The van der Waals surface area contributed by atoms with Gasteiger partial charge < -0.3 is 25.5 Å². The number of nitrogen functional groups attached to an aromatic ring is 1. The Morgan fingerprint density at radius 1 is 1.13 bits per heavy atom. The van der Waals surface area contributed by atoms with Crippen LogP contribution in [0.3, 0.4) is 0 Å². The number of carbonyl (C=O) groups excluding carboxylic acids is 1. The Morgan fingerprint density at radius 3 is 2.63 bits per heavy atom. The standard InChI is InChI=1S/C27H25F3N6O2/c1-35-11-4-3-5-17(35)10-12-36(2)26(38)15-6-8-19-18(13-15)22(31)23(32-19)24-25(37)34-20-9-7-16(27(28,29)30)14-21(20)33-24/h3-9,11,13-14,17,32H,10,12,31H2,1-2H3,(H,34,37). The zero-order valence-electron chi connectivity index (χ0n) is 20.6. The molecule has 196 valence electrons. The lowest BCUT2D eigenvalue weighted by molar-refractivity contribution is -0.137. The van der Waals surface area contributed by atoms with Gasteiger partial charge in [-0.15, -0.1) is 0 Å². The number of halogens is 3. The van der Waals surface area contributed by atoms with Crippen LogP contribution in [0.2, 0.25) is 0 Å². The summed E-state index contributed by atoms with van der Waals surface area (Å²) in [5.74, 6) is -0.187. The van der Waals surface area contributed by atoms with Crippen molar-refractivity contribution in [2.45, 2.75) is 18.6 Å². The predicted molar refractivity (Wildman–Crippen MR) is 140 cm³/mol. The van der Waals surface area contributed by atoms with Crippen molar-refractivity contribution < 1.29 is 18.0 Å². The number of aromatic nitrogens is 3. The van der Waals surface area contributed by atoms with E-state index in [1.165, 1.54) is 6.07 Å². The Bertz CT molecular complexity index is 1670. The van der Waals surface area contributed by atoms with E-state index in [4.69, 9.17) is 5.73 Å². The number of aromatic amines is 2. The van der Waals surface area contributed by atoms with Crippen molar-refractivity contribution in [3.05, 3.63) is 82.3 Å². The third kappa shape index (κ3) is 4.62. The highest BCUT2D eigenvalue weighted by atomic mass is 19.4. The molecule has 0 bridgehead atoms. The minimum absolute atomic E-state index is 0.0288. The molecule has 0 saturated heterocycles. The van der Waals surface area contributed by atoms with Crippen LogP contribution in [0.4, 0.5) is 18.9 Å². The summed E-state index contributed by atoms with van der Waals surface area (Å²) in [7, 11) is 3.71. The zero-order valence-corrected chi connectivity index (χ0v) is 20.6. The van der Waals surface area contributed by atoms with Crippen LogP contribution < -0.4 is 11.3 Å². The molecule has 11 heteroatoms. The molecule has 5 rings (SSSR count). The van der Waals surface area contributed by atoms with Crippen molar-refractivity contribution in [3.63, 3.8) is 0 Å². The van der Waals surface area contributed by atoms with Crippen molar-refractivity contribution in [2.24, 2.45) is 0 Å². The summed E-state index contributed by atoms with van der Waals surface area (Å²) in [4.78, 5) is 39.4. The zero-order chi connectivity index (χ0) is 27.2. The molecule has 1 amide bonds. The average molecular weight is 523 g/mol. The van der Waals surface area contributed by atoms with Gasteiger partial charge in [-0.25, -0.2) is 4.98 Å². The maximum Gasteiger partial charge on any atom is 0.416 e. The fourth-order valence-electron chi connectivity index (χ4n) is 4.53. The van der Waals surface area contributed by atoms with Crippen LogP contribution in [-0.2, 0) is 6.18 Å². The molecule has 1 aliphatic heterocycles. The number of hydrogen-bond donors (Lipinski definition) is 3. The number of nitrogens with zero attached hydrogens (tertiary/aromatic N) is 3. The van der Waals surface area contributed by atoms with Crippen LogP contribution in [0, 0.1) is 0 Å². The molecule has 38 heavy (non-hydrogen) atoms. The second-order valence-electron chi connectivity index (χ2n) is 9.29. The topological polar surface area (TPSA) is 111 Å². The second kappa shape index (κ2) is 9.40. The summed E-state index contributed by atoms with van der Waals surface area (Å²) in [5, 5.41) is 0.504. The maximum absolute atomic E-state index is 13.2. The quantitative estimate of drug-likeness (QED) is 0.357. The highest BCUT2D eigenvalue weighted by Crippen LogP contribution is 2.33. The number of carbonyl (C=O) groups is 1. The normalized spacial score (nSPS) is 15.5. The molecule has 0 saturated carbocycles. The molecule has 4 N–H and O–H groups in total. The van der Waals surface area contributed by atoms with Crippen LogP contribution in [0.25, 0.3) is 33.3 Å². The van der Waals surface area contributed by atoms with Crippen molar-refractivity contribution in [3.8, 4) is 11.4 Å². The predicted octanol–water partition coefficient (Wildman–Crippen LogP) is 4.52. The Hall–Kier alpha value is -4.54. The number of fused-ring (bicyclic) bond motifs is 2. The van der Waals surface area contributed by atoms with E-state index < -0.39 is 17.3 Å². The molecule has 8 nitrogen and oxygen atoms in total. The average Bonchev–Trinajstić information content (AvgIpc) is 3.21. The lowest BCUT2D eigenvalue weighted by Crippen LogP contribution is -2.34. The number of nitrogens with one attached hydrogen (secondary N) is 2. The lowest BCUT2D eigenvalue weighted by Gasteiger charge is -2.28. The van der Waals surface area contributed by atoms with E-state index in [1.54, 1.807) is 30.1 Å². The highest BCUT2D eigenvalue weighted by Gasteiger charge is 2.31. The molecule has 0 aliphatic carbocycles. The molecule has 1 aliphatic rings. The fraction of sp³-hybridized carbons (Fsp3) is 0.222. The first-order chi connectivity index (χ1) is 18.0. The molecule has 0 radical (unpaired) electrons. The summed E-state index contributed by atoms with van der Waals surface area (Å²) in [5.41, 5.74) is 6.17. The van der Waals surface area contributed by atoms with Crippen LogP contribution >= 0.6 is 0 Å². The first-order valence-corrected chi connectivity index (χ1v) is 11.9. The molecule has 3 heterocycles. The highest BCUT2D eigenvalue weighted by molar-refractivity contribution is 6.04. The summed E-state index contributed by atoms with van der Waals surface area (Å²) in [6, 6.07) is 8.08. The van der Waals surface area contributed by atoms with Gasteiger partial charge in [-0.2, -0.15) is 13.2 Å². The van der Waals surface area contributed by atoms with Crippen molar-refractivity contribution >= 4 is 33.5 Å². The molecule has 1 unspecified atom stereocenters. The van der Waals surface area contributed by atoms with Gasteiger partial charge in [0, 0.05) is 43.1 Å². The lowest BCUT2D eigenvalue weighted by atomic mass is 10.1. The Labute approximate surface area is 215 Å². The smallest absolute Gasteiger partial charge is 0.396 e. The van der Waals surface area contributed by atoms with Crippen LogP contribution in [0.1, 0.15) is 22.3 Å². The largest absolute Gasteiger partial charge is 0.416 e. The van der Waals surface area contributed by atoms with Crippen molar-refractivity contribution in [1.82, 2.24) is 24.8 Å². The number of H-pyrrole nitrogens is 2. The number of likely N-dealkylation sites (N-methyl/N-ethyl adjacent to an activating group) is 1. The molecule has 0 spiro atoms. The van der Waals surface area contributed by atoms with E-state index in [9.17, 15) is 22.8 Å². The number of allylic oxidation sites excluding steroid dienone is 2. The SMILES string of the molecule is CN(CCC1C=CC=CN1C)C(=O)c1ccc2[nH]c(-c3nc4cc(C(F)(F)F)ccc4[nH]c3=O)c(N)c2c1. The first-order valence-electron chi connectivity index (χ1n) is 11.9. The summed E-state index contributed by atoms with van der Waals surface area (Å²) >= 11 is 0. The molecular formula is C27H25F3N6O2. The van der Waals surface area contributed by atoms with E-state index in [-0.39, 0.29) is 40.1 Å². The Kier molecular flexibility index (Phi) is 6.22. The van der Waals surface area contributed by atoms with Gasteiger partial charge in [-0.1, -0.05) is 12.2 Å². The molecular weight excluding hydrogens is 497 g/mol. The maximum atomic E-state index is 13.2. The van der Waals surface area contributed by atoms with E-state index >= 15 is 0 Å². The number of benzene rings is 2. The Morgan fingerprint density at radius 2 is 1.89 bits per heavy atom. The number of alkyl halides is 3. The van der Waals surface area contributed by atoms with E-state index in [0.717, 1.165) is 18.6 Å². The van der Waals surface area contributed by atoms with Crippen LogP contribution in [0.5, 0.6) is 0 Å². The van der Waals surface area contributed by atoms with Crippen molar-refractivity contribution in [2.75, 3.05) is 26.4 Å². The monoisotopic (exact) mass is 522 g/mol. The number of rotatable bonds is 5. The minimum Gasteiger partial charge on any atom is -0.396 e. The van der Waals surface area contributed by atoms with Gasteiger partial charge >= 0.3 is 6.18 Å². The third-order valence-corrected chi connectivity index (χ3v) is 6.74. The first kappa shape index (κ1) is 25.1. The van der Waals surface area contributed by atoms with Crippen LogP contribution in [-0.4, -0.2) is 57.3 Å². The van der Waals surface area contributed by atoms with E-state index in [1.807, 2.05) is 25.4 Å². The summed E-state index contributed by atoms with van der Waals surface area (Å²) < 4.78 is 39.5. The Balaban J connectivity index is 1.44.